The van der Waals surface area contributed by atoms with Gasteiger partial charge in [-0.3, -0.25) is 4.79 Å². The van der Waals surface area contributed by atoms with E-state index < -0.39 is 5.97 Å². The normalized spacial score (nSPS) is 43.6. The van der Waals surface area contributed by atoms with Crippen LogP contribution in [0.1, 0.15) is 40.0 Å². The first-order valence-corrected chi connectivity index (χ1v) is 5.83. The minimum absolute atomic E-state index is 0.0798. The van der Waals surface area contributed by atoms with E-state index in [1.807, 2.05) is 0 Å². The summed E-state index contributed by atoms with van der Waals surface area (Å²) in [5, 5.41) is 9.35. The summed E-state index contributed by atoms with van der Waals surface area (Å²) in [6.45, 7) is 6.48. The number of rotatable bonds is 2. The summed E-state index contributed by atoms with van der Waals surface area (Å²) in [6, 6.07) is 0. The fraction of sp³-hybridized carbons (Fsp3) is 0.769. The molecule has 0 unspecified atom stereocenters. The molecule has 0 aromatic heterocycles. The molecule has 0 amide bonds. The van der Waals surface area contributed by atoms with Gasteiger partial charge in [-0.25, -0.2) is 0 Å². The van der Waals surface area contributed by atoms with Gasteiger partial charge in [-0.15, -0.1) is 0 Å². The predicted octanol–water partition coefficient (Wildman–Crippen LogP) is 3.09. The molecule has 1 saturated carbocycles. The average Bonchev–Trinajstić information content (AvgIpc) is 2.17. The second-order valence-corrected chi connectivity index (χ2v) is 5.85. The van der Waals surface area contributed by atoms with Crippen molar-refractivity contribution in [2.24, 2.45) is 22.7 Å². The van der Waals surface area contributed by atoms with Crippen LogP contribution in [-0.2, 0) is 4.79 Å². The van der Waals surface area contributed by atoms with E-state index in [2.05, 4.69) is 32.9 Å². The largest absolute Gasteiger partial charge is 0.481 e. The fourth-order valence-electron chi connectivity index (χ4n) is 3.34. The van der Waals surface area contributed by atoms with E-state index in [9.17, 15) is 9.90 Å². The molecule has 2 bridgehead atoms. The lowest BCUT2D eigenvalue weighted by Crippen LogP contribution is -2.49. The first kappa shape index (κ1) is 10.7. The number of carbonyl (C=O) groups is 1. The summed E-state index contributed by atoms with van der Waals surface area (Å²) in [7, 11) is 0. The maximum atomic E-state index is 11.4. The van der Waals surface area contributed by atoms with E-state index in [1.165, 1.54) is 0 Å². The molecule has 1 fully saturated rings. The van der Waals surface area contributed by atoms with E-state index in [-0.39, 0.29) is 16.7 Å². The Kier molecular flexibility index (Phi) is 2.21. The van der Waals surface area contributed by atoms with Gasteiger partial charge in [0.25, 0.3) is 0 Å². The summed E-state index contributed by atoms with van der Waals surface area (Å²) in [6.07, 6.45) is 7.45. The molecule has 3 aliphatic carbocycles. The summed E-state index contributed by atoms with van der Waals surface area (Å²) < 4.78 is 0. The molecule has 2 heteroatoms. The van der Waals surface area contributed by atoms with Gasteiger partial charge in [-0.05, 0) is 30.6 Å². The van der Waals surface area contributed by atoms with Gasteiger partial charge in [0.1, 0.15) is 0 Å². The zero-order valence-electron chi connectivity index (χ0n) is 9.79. The van der Waals surface area contributed by atoms with Gasteiger partial charge < -0.3 is 5.11 Å². The molecule has 0 heterocycles. The monoisotopic (exact) mass is 208 g/mol. The van der Waals surface area contributed by atoms with E-state index in [0.29, 0.717) is 5.92 Å². The zero-order valence-corrected chi connectivity index (χ0v) is 9.79. The number of carboxylic acid groups (broad SMARTS) is 1. The van der Waals surface area contributed by atoms with Crippen molar-refractivity contribution in [2.75, 3.05) is 0 Å². The molecule has 84 valence electrons. The van der Waals surface area contributed by atoms with Crippen molar-refractivity contribution in [2.45, 2.75) is 40.0 Å². The molecule has 1 N–H and O–H groups in total. The molecule has 3 rings (SSSR count). The number of hydrogen-bond donors (Lipinski definition) is 1. The topological polar surface area (TPSA) is 37.3 Å². The van der Waals surface area contributed by atoms with Crippen LogP contribution >= 0.6 is 0 Å². The minimum Gasteiger partial charge on any atom is -0.481 e. The van der Waals surface area contributed by atoms with E-state index >= 15 is 0 Å². The molecule has 15 heavy (non-hydrogen) atoms. The van der Waals surface area contributed by atoms with Crippen molar-refractivity contribution in [1.82, 2.24) is 0 Å². The number of carboxylic acids is 1. The summed E-state index contributed by atoms with van der Waals surface area (Å²) in [4.78, 5) is 11.4. The third-order valence-electron chi connectivity index (χ3n) is 4.62. The Hall–Kier alpha value is -0.790. The van der Waals surface area contributed by atoms with Crippen LogP contribution in [0.2, 0.25) is 0 Å². The highest BCUT2D eigenvalue weighted by Gasteiger charge is 2.53. The number of allylic oxidation sites excluding steroid dienone is 2. The quantitative estimate of drug-likeness (QED) is 0.708. The third kappa shape index (κ3) is 1.42. The number of hydrogen-bond acceptors (Lipinski definition) is 1. The predicted molar refractivity (Wildman–Crippen MR) is 59.5 cm³/mol. The van der Waals surface area contributed by atoms with Crippen LogP contribution in [0.4, 0.5) is 0 Å². The zero-order chi connectivity index (χ0) is 11.3. The first-order valence-electron chi connectivity index (χ1n) is 5.83. The van der Waals surface area contributed by atoms with Crippen molar-refractivity contribution < 1.29 is 9.90 Å². The molecular weight excluding hydrogens is 188 g/mol. The lowest BCUT2D eigenvalue weighted by atomic mass is 9.50. The highest BCUT2D eigenvalue weighted by atomic mass is 16.4. The number of aliphatic carboxylic acids is 1. The van der Waals surface area contributed by atoms with E-state index in [0.717, 1.165) is 19.3 Å². The maximum absolute atomic E-state index is 11.4. The average molecular weight is 208 g/mol. The van der Waals surface area contributed by atoms with Crippen LogP contribution in [0.25, 0.3) is 0 Å². The van der Waals surface area contributed by atoms with Crippen molar-refractivity contribution in [1.29, 1.82) is 0 Å². The Morgan fingerprint density at radius 3 is 2.47 bits per heavy atom. The summed E-state index contributed by atoms with van der Waals surface area (Å²) in [5.41, 5.74) is 0.0588. The number of fused-ring (bicyclic) bond motifs is 2. The molecule has 3 aliphatic rings. The Morgan fingerprint density at radius 1 is 1.40 bits per heavy atom. The molecule has 0 aliphatic heterocycles. The third-order valence-corrected chi connectivity index (χ3v) is 4.62. The second-order valence-electron chi connectivity index (χ2n) is 5.85. The second kappa shape index (κ2) is 3.10. The van der Waals surface area contributed by atoms with Gasteiger partial charge in [-0.1, -0.05) is 32.9 Å². The van der Waals surface area contributed by atoms with Crippen LogP contribution in [-0.4, -0.2) is 11.1 Å². The van der Waals surface area contributed by atoms with Crippen LogP contribution in [0.15, 0.2) is 12.2 Å². The molecule has 2 nitrogen and oxygen atoms in total. The summed E-state index contributed by atoms with van der Waals surface area (Å²) in [5.74, 6) is -0.375. The molecule has 0 spiro atoms. The molecule has 0 aromatic rings. The summed E-state index contributed by atoms with van der Waals surface area (Å²) >= 11 is 0. The molecule has 0 radical (unpaired) electrons. The standard InChI is InChI=1S/C13H20O2/c1-9(2)13-6-4-12(3,5-7-13)8-10(13)11(14)15/h4,6,9-10H,5,7-8H2,1-3H3,(H,14,15)/t10-,12-,13+/m0/s1. The lowest BCUT2D eigenvalue weighted by molar-refractivity contribution is -0.152. The van der Waals surface area contributed by atoms with Crippen LogP contribution in [0, 0.1) is 22.7 Å². The highest BCUT2D eigenvalue weighted by molar-refractivity contribution is 5.72. The minimum atomic E-state index is -0.612. The van der Waals surface area contributed by atoms with Gasteiger partial charge >= 0.3 is 5.97 Å². The first-order chi connectivity index (χ1) is 6.90. The highest BCUT2D eigenvalue weighted by Crippen LogP contribution is 2.58. The van der Waals surface area contributed by atoms with Gasteiger partial charge in [0.15, 0.2) is 0 Å². The van der Waals surface area contributed by atoms with Crippen LogP contribution in [0.5, 0.6) is 0 Å². The van der Waals surface area contributed by atoms with Crippen LogP contribution < -0.4 is 0 Å². The molecule has 3 atom stereocenters. The van der Waals surface area contributed by atoms with Crippen molar-refractivity contribution in [3.63, 3.8) is 0 Å². The fourth-order valence-corrected chi connectivity index (χ4v) is 3.34. The smallest absolute Gasteiger partial charge is 0.307 e. The SMILES string of the molecule is CC(C)[C@@]12C=C[C@@](C)(CC1)C[C@H]2C(=O)O. The molecule has 0 saturated heterocycles. The van der Waals surface area contributed by atoms with Gasteiger partial charge in [0, 0.05) is 5.41 Å². The van der Waals surface area contributed by atoms with E-state index in [1.54, 1.807) is 0 Å². The van der Waals surface area contributed by atoms with Crippen molar-refractivity contribution in [3.05, 3.63) is 12.2 Å². The van der Waals surface area contributed by atoms with Crippen LogP contribution in [0.3, 0.4) is 0 Å². The van der Waals surface area contributed by atoms with E-state index in [4.69, 9.17) is 0 Å². The molecular formula is C13H20O2. The Balaban J connectivity index is 2.43. The lowest BCUT2D eigenvalue weighted by Gasteiger charge is -2.53. The Bertz CT molecular complexity index is 318. The van der Waals surface area contributed by atoms with Gasteiger partial charge in [0.2, 0.25) is 0 Å². The maximum Gasteiger partial charge on any atom is 0.307 e. The van der Waals surface area contributed by atoms with Gasteiger partial charge in [-0.2, -0.15) is 0 Å². The van der Waals surface area contributed by atoms with Gasteiger partial charge in [0.05, 0.1) is 5.92 Å². The Morgan fingerprint density at radius 2 is 2.07 bits per heavy atom. The van der Waals surface area contributed by atoms with Crippen molar-refractivity contribution >= 4 is 5.97 Å². The Labute approximate surface area is 91.4 Å². The molecule has 0 aromatic carbocycles. The van der Waals surface area contributed by atoms with Crippen molar-refractivity contribution in [3.8, 4) is 0 Å².